The van der Waals surface area contributed by atoms with Gasteiger partial charge in [-0.2, -0.15) is 0 Å². The van der Waals surface area contributed by atoms with Crippen molar-refractivity contribution < 1.29 is 10.2 Å². The maximum atomic E-state index is 10.2. The Morgan fingerprint density at radius 3 is 1.41 bits per heavy atom. The van der Waals surface area contributed by atoms with Gasteiger partial charge in [-0.05, 0) is 73.2 Å². The van der Waals surface area contributed by atoms with Crippen molar-refractivity contribution in [2.24, 2.45) is 0 Å². The first-order chi connectivity index (χ1) is 14.1. The SMILES string of the molecule is CCCCCCCc1cc(Sc2ccc(O)c(CCCCCCC)c2)ccc1O. The molecule has 0 spiro atoms. The smallest absolute Gasteiger partial charge is 0.118 e. The summed E-state index contributed by atoms with van der Waals surface area (Å²) in [6.07, 6.45) is 14.2. The van der Waals surface area contributed by atoms with Crippen LogP contribution in [0.15, 0.2) is 46.2 Å². The second-order valence-electron chi connectivity index (χ2n) is 8.01. The van der Waals surface area contributed by atoms with Gasteiger partial charge < -0.3 is 10.2 Å². The average Bonchev–Trinajstić information content (AvgIpc) is 2.72. The summed E-state index contributed by atoms with van der Waals surface area (Å²) >= 11 is 1.71. The van der Waals surface area contributed by atoms with Crippen LogP contribution < -0.4 is 0 Å². The maximum absolute atomic E-state index is 10.2. The van der Waals surface area contributed by atoms with Crippen LogP contribution in [0.3, 0.4) is 0 Å². The molecule has 0 aliphatic rings. The zero-order valence-electron chi connectivity index (χ0n) is 18.3. The summed E-state index contributed by atoms with van der Waals surface area (Å²) in [6, 6.07) is 11.8. The maximum Gasteiger partial charge on any atom is 0.118 e. The van der Waals surface area contributed by atoms with Gasteiger partial charge >= 0.3 is 0 Å². The molecule has 0 aliphatic heterocycles. The van der Waals surface area contributed by atoms with Gasteiger partial charge in [0.1, 0.15) is 11.5 Å². The number of hydrogen-bond acceptors (Lipinski definition) is 3. The number of aryl methyl sites for hydroxylation is 2. The van der Waals surface area contributed by atoms with Gasteiger partial charge in [0.05, 0.1) is 0 Å². The molecule has 2 rings (SSSR count). The first-order valence-electron chi connectivity index (χ1n) is 11.5. The summed E-state index contributed by atoms with van der Waals surface area (Å²) in [5.41, 5.74) is 2.09. The monoisotopic (exact) mass is 414 g/mol. The van der Waals surface area contributed by atoms with Gasteiger partial charge in [0.15, 0.2) is 0 Å². The lowest BCUT2D eigenvalue weighted by Gasteiger charge is -2.10. The minimum atomic E-state index is 0.406. The average molecular weight is 415 g/mol. The molecule has 0 atom stereocenters. The third-order valence-electron chi connectivity index (χ3n) is 5.44. The molecule has 0 saturated carbocycles. The van der Waals surface area contributed by atoms with E-state index in [2.05, 4.69) is 26.0 Å². The summed E-state index contributed by atoms with van der Waals surface area (Å²) in [5, 5.41) is 20.4. The molecule has 0 heterocycles. The molecule has 0 unspecified atom stereocenters. The molecule has 0 radical (unpaired) electrons. The molecular formula is C26H38O2S. The molecule has 0 bridgehead atoms. The van der Waals surface area contributed by atoms with Gasteiger partial charge in [-0.25, -0.2) is 0 Å². The van der Waals surface area contributed by atoms with Crippen LogP contribution in [-0.2, 0) is 12.8 Å². The first-order valence-corrected chi connectivity index (χ1v) is 12.3. The molecule has 2 aromatic carbocycles. The van der Waals surface area contributed by atoms with Gasteiger partial charge in [0.25, 0.3) is 0 Å². The third-order valence-corrected chi connectivity index (χ3v) is 6.42. The largest absolute Gasteiger partial charge is 0.508 e. The van der Waals surface area contributed by atoms with E-state index in [-0.39, 0.29) is 0 Å². The molecule has 160 valence electrons. The van der Waals surface area contributed by atoms with Crippen molar-refractivity contribution in [2.75, 3.05) is 0 Å². The highest BCUT2D eigenvalue weighted by Crippen LogP contribution is 2.34. The quantitative estimate of drug-likeness (QED) is 0.306. The van der Waals surface area contributed by atoms with E-state index in [1.807, 2.05) is 24.3 Å². The topological polar surface area (TPSA) is 40.5 Å². The number of rotatable bonds is 14. The molecule has 0 saturated heterocycles. The first kappa shape index (κ1) is 23.7. The van der Waals surface area contributed by atoms with Crippen molar-refractivity contribution in [2.45, 2.75) is 101 Å². The normalized spacial score (nSPS) is 11.1. The summed E-state index contributed by atoms with van der Waals surface area (Å²) in [4.78, 5) is 2.29. The molecule has 0 aliphatic carbocycles. The fraction of sp³-hybridized carbons (Fsp3) is 0.538. The van der Waals surface area contributed by atoms with Crippen LogP contribution in [0.4, 0.5) is 0 Å². The highest BCUT2D eigenvalue weighted by Gasteiger charge is 2.08. The zero-order valence-corrected chi connectivity index (χ0v) is 19.1. The number of hydrogen-bond donors (Lipinski definition) is 2. The molecule has 3 heteroatoms. The summed E-state index contributed by atoms with van der Waals surface area (Å²) < 4.78 is 0. The lowest BCUT2D eigenvalue weighted by Crippen LogP contribution is -1.90. The van der Waals surface area contributed by atoms with Gasteiger partial charge in [0.2, 0.25) is 0 Å². The predicted molar refractivity (Wildman–Crippen MR) is 125 cm³/mol. The van der Waals surface area contributed by atoms with Crippen molar-refractivity contribution >= 4 is 11.8 Å². The number of benzene rings is 2. The van der Waals surface area contributed by atoms with E-state index >= 15 is 0 Å². The lowest BCUT2D eigenvalue weighted by atomic mass is 10.0. The second kappa shape index (κ2) is 13.6. The molecule has 0 fully saturated rings. The van der Waals surface area contributed by atoms with Crippen molar-refractivity contribution in [1.29, 1.82) is 0 Å². The number of unbranched alkanes of at least 4 members (excludes halogenated alkanes) is 8. The van der Waals surface area contributed by atoms with Crippen molar-refractivity contribution in [3.8, 4) is 11.5 Å². The van der Waals surface area contributed by atoms with Gasteiger partial charge in [-0.1, -0.05) is 77.0 Å². The van der Waals surface area contributed by atoms with Crippen LogP contribution in [0.1, 0.15) is 89.2 Å². The highest BCUT2D eigenvalue weighted by atomic mass is 32.2. The van der Waals surface area contributed by atoms with Crippen LogP contribution in [0.5, 0.6) is 11.5 Å². The van der Waals surface area contributed by atoms with Crippen molar-refractivity contribution in [3.05, 3.63) is 47.5 Å². The van der Waals surface area contributed by atoms with Crippen LogP contribution in [0.2, 0.25) is 0 Å². The number of phenolic OH excluding ortho intramolecular Hbond substituents is 2. The van der Waals surface area contributed by atoms with E-state index in [0.717, 1.165) is 46.6 Å². The molecule has 2 aromatic rings. The van der Waals surface area contributed by atoms with Crippen LogP contribution in [-0.4, -0.2) is 10.2 Å². The fourth-order valence-corrected chi connectivity index (χ4v) is 4.57. The summed E-state index contributed by atoms with van der Waals surface area (Å²) in [6.45, 7) is 4.46. The highest BCUT2D eigenvalue weighted by molar-refractivity contribution is 7.99. The van der Waals surface area contributed by atoms with E-state index in [0.29, 0.717) is 11.5 Å². The van der Waals surface area contributed by atoms with E-state index in [4.69, 9.17) is 0 Å². The van der Waals surface area contributed by atoms with Crippen LogP contribution in [0, 0.1) is 0 Å². The zero-order chi connectivity index (χ0) is 20.9. The van der Waals surface area contributed by atoms with Crippen LogP contribution >= 0.6 is 11.8 Å². The Morgan fingerprint density at radius 1 is 0.586 bits per heavy atom. The molecule has 0 amide bonds. The predicted octanol–water partition coefficient (Wildman–Crippen LogP) is 8.27. The minimum absolute atomic E-state index is 0.406. The van der Waals surface area contributed by atoms with E-state index in [9.17, 15) is 10.2 Å². The Hall–Kier alpha value is -1.61. The van der Waals surface area contributed by atoms with Gasteiger partial charge in [0, 0.05) is 9.79 Å². The number of phenols is 2. The molecule has 2 nitrogen and oxygen atoms in total. The van der Waals surface area contributed by atoms with E-state index in [1.165, 1.54) is 51.4 Å². The Bertz CT molecular complexity index is 665. The third kappa shape index (κ3) is 8.74. The van der Waals surface area contributed by atoms with Gasteiger partial charge in [-0.3, -0.25) is 0 Å². The second-order valence-corrected chi connectivity index (χ2v) is 9.16. The Kier molecular flexibility index (Phi) is 11.1. The van der Waals surface area contributed by atoms with E-state index in [1.54, 1.807) is 11.8 Å². The summed E-state index contributed by atoms with van der Waals surface area (Å²) in [7, 11) is 0. The number of aromatic hydroxyl groups is 2. The van der Waals surface area contributed by atoms with E-state index < -0.39 is 0 Å². The summed E-state index contributed by atoms with van der Waals surface area (Å²) in [5.74, 6) is 0.812. The van der Waals surface area contributed by atoms with Crippen molar-refractivity contribution in [3.63, 3.8) is 0 Å². The van der Waals surface area contributed by atoms with Gasteiger partial charge in [-0.15, -0.1) is 0 Å². The minimum Gasteiger partial charge on any atom is -0.508 e. The Morgan fingerprint density at radius 2 is 1.00 bits per heavy atom. The Balaban J connectivity index is 1.94. The standard InChI is InChI=1S/C26H38O2S/c1-3-5-7-9-11-13-21-19-23(15-17-25(21)27)29-24-16-18-26(28)22(20-24)14-12-10-8-6-4-2/h15-20,27-28H,3-14H2,1-2H3. The molecule has 0 aromatic heterocycles. The fourth-order valence-electron chi connectivity index (χ4n) is 3.63. The molecular weight excluding hydrogens is 376 g/mol. The Labute approximate surface area is 181 Å². The van der Waals surface area contributed by atoms with Crippen LogP contribution in [0.25, 0.3) is 0 Å². The molecule has 2 N–H and O–H groups in total. The van der Waals surface area contributed by atoms with Crippen molar-refractivity contribution in [1.82, 2.24) is 0 Å². The molecule has 29 heavy (non-hydrogen) atoms. The lowest BCUT2D eigenvalue weighted by molar-refractivity contribution is 0.465.